The summed E-state index contributed by atoms with van der Waals surface area (Å²) in [7, 11) is 0. The molecule has 7 nitrogen and oxygen atoms in total. The van der Waals surface area contributed by atoms with Gasteiger partial charge in [0.2, 0.25) is 5.89 Å². The maximum absolute atomic E-state index is 5.80. The van der Waals surface area contributed by atoms with Crippen LogP contribution in [0.5, 0.6) is 0 Å². The average Bonchev–Trinajstić information content (AvgIpc) is 3.16. The van der Waals surface area contributed by atoms with Crippen molar-refractivity contribution in [2.75, 3.05) is 26.2 Å². The van der Waals surface area contributed by atoms with E-state index in [0.717, 1.165) is 18.3 Å². The number of halogens is 1. The first-order chi connectivity index (χ1) is 13.6. The minimum absolute atomic E-state index is 0. The van der Waals surface area contributed by atoms with Crippen molar-refractivity contribution >= 4 is 29.9 Å². The average molecular weight is 515 g/mol. The van der Waals surface area contributed by atoms with Crippen molar-refractivity contribution in [1.82, 2.24) is 20.8 Å². The van der Waals surface area contributed by atoms with Crippen molar-refractivity contribution in [1.29, 1.82) is 0 Å². The predicted octanol–water partition coefficient (Wildman–Crippen LogP) is 3.76. The Morgan fingerprint density at radius 1 is 1.17 bits per heavy atom. The van der Waals surface area contributed by atoms with Gasteiger partial charge < -0.3 is 19.9 Å². The summed E-state index contributed by atoms with van der Waals surface area (Å²) < 4.78 is 11.1. The summed E-state index contributed by atoms with van der Waals surface area (Å²) in [6.07, 6.45) is 0.667. The molecule has 2 rings (SSSR count). The van der Waals surface area contributed by atoms with E-state index >= 15 is 0 Å². The number of nitrogens with zero attached hydrogens (tertiary/aromatic N) is 3. The van der Waals surface area contributed by atoms with Crippen molar-refractivity contribution in [2.45, 2.75) is 46.6 Å². The molecule has 8 heteroatoms. The maximum atomic E-state index is 5.80. The molecule has 162 valence electrons. The molecule has 0 aliphatic rings. The van der Waals surface area contributed by atoms with Crippen LogP contribution in [0.1, 0.15) is 50.9 Å². The Kier molecular flexibility index (Phi) is 12.5. The van der Waals surface area contributed by atoms with Gasteiger partial charge in [0.25, 0.3) is 0 Å². The van der Waals surface area contributed by atoms with Gasteiger partial charge in [-0.3, -0.25) is 4.99 Å². The molecule has 1 aromatic heterocycles. The molecule has 0 aliphatic heterocycles. The quantitative estimate of drug-likeness (QED) is 0.270. The second-order valence-corrected chi connectivity index (χ2v) is 7.20. The summed E-state index contributed by atoms with van der Waals surface area (Å²) in [5, 5.41) is 10.6. The van der Waals surface area contributed by atoms with E-state index in [1.807, 2.05) is 32.0 Å². The van der Waals surface area contributed by atoms with E-state index in [1.165, 1.54) is 5.56 Å². The van der Waals surface area contributed by atoms with E-state index in [2.05, 4.69) is 51.7 Å². The van der Waals surface area contributed by atoms with Crippen molar-refractivity contribution in [2.24, 2.45) is 10.9 Å². The Labute approximate surface area is 191 Å². The second kappa shape index (κ2) is 14.3. The largest absolute Gasteiger partial charge is 0.376 e. The second-order valence-electron chi connectivity index (χ2n) is 7.20. The Hall–Kier alpha value is -1.68. The molecular formula is C21H34IN5O2. The highest BCUT2D eigenvalue weighted by atomic mass is 127. The molecule has 0 fully saturated rings. The van der Waals surface area contributed by atoms with Gasteiger partial charge >= 0.3 is 0 Å². The minimum Gasteiger partial charge on any atom is -0.376 e. The van der Waals surface area contributed by atoms with Gasteiger partial charge in [0, 0.05) is 32.0 Å². The van der Waals surface area contributed by atoms with Crippen molar-refractivity contribution in [3.05, 3.63) is 47.6 Å². The van der Waals surface area contributed by atoms with Gasteiger partial charge in [-0.15, -0.1) is 24.0 Å². The molecule has 1 heterocycles. The zero-order chi connectivity index (χ0) is 20.2. The van der Waals surface area contributed by atoms with Crippen LogP contribution in [0.4, 0.5) is 0 Å². The van der Waals surface area contributed by atoms with Crippen LogP contribution in [0, 0.1) is 5.92 Å². The lowest BCUT2D eigenvalue weighted by atomic mass is 10.2. The molecule has 0 radical (unpaired) electrons. The maximum Gasteiger partial charge on any atom is 0.228 e. The Morgan fingerprint density at radius 2 is 1.93 bits per heavy atom. The number of aliphatic imine (C=N–C) groups is 1. The highest BCUT2D eigenvalue weighted by molar-refractivity contribution is 14.0. The molecule has 29 heavy (non-hydrogen) atoms. The number of hydrogen-bond donors (Lipinski definition) is 2. The lowest BCUT2D eigenvalue weighted by molar-refractivity contribution is 0.0945. The zero-order valence-electron chi connectivity index (χ0n) is 17.9. The van der Waals surface area contributed by atoms with Crippen LogP contribution in [0.3, 0.4) is 0 Å². The predicted molar refractivity (Wildman–Crippen MR) is 127 cm³/mol. The number of ether oxygens (including phenoxy) is 1. The van der Waals surface area contributed by atoms with Gasteiger partial charge in [0.15, 0.2) is 11.8 Å². The number of aromatic nitrogens is 2. The number of hydrogen-bond acceptors (Lipinski definition) is 5. The summed E-state index contributed by atoms with van der Waals surface area (Å²) in [5.74, 6) is 2.80. The summed E-state index contributed by atoms with van der Waals surface area (Å²) in [5.41, 5.74) is 1.19. The highest BCUT2D eigenvalue weighted by Crippen LogP contribution is 2.09. The van der Waals surface area contributed by atoms with Crippen LogP contribution < -0.4 is 10.6 Å². The molecule has 2 aromatic rings. The molecule has 0 spiro atoms. The van der Waals surface area contributed by atoms with Gasteiger partial charge in [0.1, 0.15) is 0 Å². The molecule has 0 amide bonds. The minimum atomic E-state index is 0. The lowest BCUT2D eigenvalue weighted by Gasteiger charge is -2.13. The van der Waals surface area contributed by atoms with E-state index in [4.69, 9.17) is 9.26 Å². The van der Waals surface area contributed by atoms with E-state index < -0.39 is 0 Å². The van der Waals surface area contributed by atoms with Crippen molar-refractivity contribution in [3.63, 3.8) is 0 Å². The van der Waals surface area contributed by atoms with Gasteiger partial charge in [-0.05, 0) is 18.4 Å². The molecule has 0 aliphatic carbocycles. The Balaban J connectivity index is 0.00000420. The van der Waals surface area contributed by atoms with Crippen molar-refractivity contribution in [3.8, 4) is 0 Å². The third kappa shape index (κ3) is 10.1. The summed E-state index contributed by atoms with van der Waals surface area (Å²) in [6, 6.07) is 10.2. The third-order valence-electron chi connectivity index (χ3n) is 4.05. The molecule has 0 bridgehead atoms. The zero-order valence-corrected chi connectivity index (χ0v) is 20.2. The smallest absolute Gasteiger partial charge is 0.228 e. The van der Waals surface area contributed by atoms with Crippen LogP contribution in [0.15, 0.2) is 39.8 Å². The molecule has 0 saturated carbocycles. The summed E-state index contributed by atoms with van der Waals surface area (Å²) >= 11 is 0. The molecule has 1 aromatic carbocycles. The topological polar surface area (TPSA) is 84.6 Å². The van der Waals surface area contributed by atoms with Gasteiger partial charge in [0.05, 0.1) is 13.2 Å². The molecule has 1 atom stereocenters. The van der Waals surface area contributed by atoms with Crippen LogP contribution in [0.25, 0.3) is 0 Å². The first-order valence-corrected chi connectivity index (χ1v) is 10.0. The summed E-state index contributed by atoms with van der Waals surface area (Å²) in [4.78, 5) is 9.04. The standard InChI is InChI=1S/C21H33N5O2.HI/c1-5-22-21(23-12-11-19-25-20(16(2)3)26-28-19)24-13-17(4)14-27-15-18-9-7-6-8-10-18;/h6-10,16-17H,5,11-15H2,1-4H3,(H2,22,23,24);1H. The van der Waals surface area contributed by atoms with Crippen LogP contribution >= 0.6 is 24.0 Å². The van der Waals surface area contributed by atoms with E-state index in [9.17, 15) is 0 Å². The van der Waals surface area contributed by atoms with Gasteiger partial charge in [-0.1, -0.05) is 56.3 Å². The fourth-order valence-electron chi connectivity index (χ4n) is 2.49. The van der Waals surface area contributed by atoms with Gasteiger partial charge in [-0.2, -0.15) is 4.98 Å². The number of benzene rings is 1. The SMILES string of the molecule is CCNC(=NCC(C)COCc1ccccc1)NCCc1nc(C(C)C)no1.I. The van der Waals surface area contributed by atoms with E-state index in [1.54, 1.807) is 0 Å². The lowest BCUT2D eigenvalue weighted by Crippen LogP contribution is -2.38. The number of nitrogens with one attached hydrogen (secondary N) is 2. The van der Waals surface area contributed by atoms with Crippen molar-refractivity contribution < 1.29 is 9.26 Å². The molecule has 1 unspecified atom stereocenters. The monoisotopic (exact) mass is 515 g/mol. The number of guanidine groups is 1. The van der Waals surface area contributed by atoms with Gasteiger partial charge in [-0.25, -0.2) is 0 Å². The fraction of sp³-hybridized carbons (Fsp3) is 0.571. The molecule has 0 saturated heterocycles. The molecule has 2 N–H and O–H groups in total. The van der Waals surface area contributed by atoms with Crippen LogP contribution in [-0.4, -0.2) is 42.3 Å². The first kappa shape index (κ1) is 25.4. The molecular weight excluding hydrogens is 481 g/mol. The van der Waals surface area contributed by atoms with E-state index in [0.29, 0.717) is 44.5 Å². The normalized spacial score (nSPS) is 12.5. The summed E-state index contributed by atoms with van der Waals surface area (Å²) in [6.45, 7) is 11.8. The third-order valence-corrected chi connectivity index (χ3v) is 4.05. The van der Waals surface area contributed by atoms with Crippen LogP contribution in [-0.2, 0) is 17.8 Å². The van der Waals surface area contributed by atoms with Crippen LogP contribution in [0.2, 0.25) is 0 Å². The number of rotatable bonds is 11. The Bertz CT molecular complexity index is 706. The fourth-order valence-corrected chi connectivity index (χ4v) is 2.49. The Morgan fingerprint density at radius 3 is 2.59 bits per heavy atom. The highest BCUT2D eigenvalue weighted by Gasteiger charge is 2.09. The van der Waals surface area contributed by atoms with E-state index in [-0.39, 0.29) is 29.9 Å². The first-order valence-electron chi connectivity index (χ1n) is 10.0.